The quantitative estimate of drug-likeness (QED) is 0.431. The van der Waals surface area contributed by atoms with Crippen LogP contribution in [-0.4, -0.2) is 6.21 Å². The first-order valence-corrected chi connectivity index (χ1v) is 8.83. The Hall–Kier alpha value is -2.78. The Balaban J connectivity index is 1.68. The van der Waals surface area contributed by atoms with E-state index in [0.717, 1.165) is 22.6 Å². The summed E-state index contributed by atoms with van der Waals surface area (Å²) in [6.07, 6.45) is 1.76. The van der Waals surface area contributed by atoms with E-state index in [4.69, 9.17) is 16.3 Å². The zero-order valence-electron chi connectivity index (χ0n) is 14.9. The molecule has 3 rings (SSSR count). The highest BCUT2D eigenvalue weighted by atomic mass is 35.5. The highest BCUT2D eigenvalue weighted by Gasteiger charge is 2.04. The third-order valence-corrected chi connectivity index (χ3v) is 4.53. The van der Waals surface area contributed by atoms with Crippen LogP contribution in [0.3, 0.4) is 0 Å². The van der Waals surface area contributed by atoms with Gasteiger partial charge in [-0.25, -0.2) is 0 Å². The number of halogens is 1. The molecule has 0 unspecified atom stereocenters. The Labute approximate surface area is 159 Å². The molecule has 1 N–H and O–H groups in total. The van der Waals surface area contributed by atoms with Gasteiger partial charge in [0.05, 0.1) is 11.9 Å². The molecule has 0 aliphatic carbocycles. The van der Waals surface area contributed by atoms with Crippen LogP contribution in [0.5, 0.6) is 5.75 Å². The summed E-state index contributed by atoms with van der Waals surface area (Å²) in [5.74, 6) is 0.762. The number of nitrogens with one attached hydrogen (secondary N) is 1. The second kappa shape index (κ2) is 8.54. The number of anilines is 1. The zero-order chi connectivity index (χ0) is 18.4. The number of hydrazone groups is 1. The van der Waals surface area contributed by atoms with Gasteiger partial charge in [-0.1, -0.05) is 48.0 Å². The van der Waals surface area contributed by atoms with Crippen molar-refractivity contribution in [2.75, 3.05) is 5.43 Å². The number of hydrogen-bond acceptors (Lipinski definition) is 3. The van der Waals surface area contributed by atoms with E-state index in [2.05, 4.69) is 36.5 Å². The highest BCUT2D eigenvalue weighted by molar-refractivity contribution is 6.31. The zero-order valence-corrected chi connectivity index (χ0v) is 15.6. The van der Waals surface area contributed by atoms with Crippen LogP contribution in [0, 0.1) is 13.8 Å². The first-order valence-electron chi connectivity index (χ1n) is 8.45. The number of aryl methyl sites for hydroxylation is 2. The van der Waals surface area contributed by atoms with Gasteiger partial charge in [-0.2, -0.15) is 5.10 Å². The molecule has 0 radical (unpaired) electrons. The van der Waals surface area contributed by atoms with Crippen LogP contribution in [0.25, 0.3) is 0 Å². The van der Waals surface area contributed by atoms with Gasteiger partial charge in [-0.05, 0) is 55.3 Å². The SMILES string of the molecule is Cc1ccc(NN=Cc2ccccc2OCc2ccccc2Cl)cc1C. The molecule has 4 heteroatoms. The van der Waals surface area contributed by atoms with Gasteiger partial charge in [0.1, 0.15) is 12.4 Å². The van der Waals surface area contributed by atoms with Gasteiger partial charge in [0.2, 0.25) is 0 Å². The van der Waals surface area contributed by atoms with E-state index in [1.165, 1.54) is 11.1 Å². The number of para-hydroxylation sites is 1. The molecule has 0 saturated carbocycles. The van der Waals surface area contributed by atoms with Crippen molar-refractivity contribution in [3.63, 3.8) is 0 Å². The van der Waals surface area contributed by atoms with Crippen molar-refractivity contribution in [1.29, 1.82) is 0 Å². The van der Waals surface area contributed by atoms with E-state index in [0.29, 0.717) is 11.6 Å². The number of nitrogens with zero attached hydrogens (tertiary/aromatic N) is 1. The first-order chi connectivity index (χ1) is 12.6. The molecule has 0 fully saturated rings. The smallest absolute Gasteiger partial charge is 0.128 e. The number of rotatable bonds is 6. The lowest BCUT2D eigenvalue weighted by molar-refractivity contribution is 0.306. The summed E-state index contributed by atoms with van der Waals surface area (Å²) < 4.78 is 5.94. The maximum absolute atomic E-state index is 6.19. The summed E-state index contributed by atoms with van der Waals surface area (Å²) in [6.45, 7) is 4.59. The van der Waals surface area contributed by atoms with Crippen molar-refractivity contribution in [3.05, 3.63) is 94.0 Å². The fourth-order valence-corrected chi connectivity index (χ4v) is 2.67. The third kappa shape index (κ3) is 4.64. The van der Waals surface area contributed by atoms with Gasteiger partial charge < -0.3 is 4.74 Å². The number of ether oxygens (including phenoxy) is 1. The molecule has 0 spiro atoms. The maximum atomic E-state index is 6.19. The molecule has 0 amide bonds. The topological polar surface area (TPSA) is 33.6 Å². The molecule has 3 aromatic carbocycles. The fourth-order valence-electron chi connectivity index (χ4n) is 2.48. The van der Waals surface area contributed by atoms with Crippen LogP contribution < -0.4 is 10.2 Å². The second-order valence-corrected chi connectivity index (χ2v) is 6.49. The van der Waals surface area contributed by atoms with E-state index < -0.39 is 0 Å². The summed E-state index contributed by atoms with van der Waals surface area (Å²) >= 11 is 6.19. The van der Waals surface area contributed by atoms with E-state index in [-0.39, 0.29) is 0 Å². The van der Waals surface area contributed by atoms with Crippen molar-refractivity contribution in [3.8, 4) is 5.75 Å². The summed E-state index contributed by atoms with van der Waals surface area (Å²) in [6, 6.07) is 21.6. The number of hydrogen-bond donors (Lipinski definition) is 1. The molecule has 0 atom stereocenters. The summed E-state index contributed by atoms with van der Waals surface area (Å²) in [5, 5.41) is 5.04. The van der Waals surface area contributed by atoms with Crippen molar-refractivity contribution in [2.24, 2.45) is 5.10 Å². The average Bonchev–Trinajstić information content (AvgIpc) is 2.65. The van der Waals surface area contributed by atoms with Crippen LogP contribution in [0.1, 0.15) is 22.3 Å². The summed E-state index contributed by atoms with van der Waals surface area (Å²) in [5.41, 5.74) is 8.37. The van der Waals surface area contributed by atoms with Gasteiger partial charge in [-0.15, -0.1) is 0 Å². The summed E-state index contributed by atoms with van der Waals surface area (Å²) in [7, 11) is 0. The molecule has 3 nitrogen and oxygen atoms in total. The van der Waals surface area contributed by atoms with Gasteiger partial charge in [0, 0.05) is 16.1 Å². The van der Waals surface area contributed by atoms with E-state index in [1.54, 1.807) is 6.21 Å². The number of benzene rings is 3. The van der Waals surface area contributed by atoms with Crippen LogP contribution in [0.2, 0.25) is 5.02 Å². The lowest BCUT2D eigenvalue weighted by Gasteiger charge is -2.10. The Bertz CT molecular complexity index is 922. The molecule has 0 bridgehead atoms. The normalized spacial score (nSPS) is 10.9. The van der Waals surface area contributed by atoms with Crippen molar-refractivity contribution in [1.82, 2.24) is 0 Å². The van der Waals surface area contributed by atoms with Crippen molar-refractivity contribution < 1.29 is 4.74 Å². The Morgan fingerprint density at radius 1 is 0.962 bits per heavy atom. The maximum Gasteiger partial charge on any atom is 0.128 e. The molecular weight excluding hydrogens is 344 g/mol. The molecule has 0 heterocycles. The average molecular weight is 365 g/mol. The van der Waals surface area contributed by atoms with Gasteiger partial charge >= 0.3 is 0 Å². The molecule has 0 aromatic heterocycles. The lowest BCUT2D eigenvalue weighted by Crippen LogP contribution is -1.99. The highest BCUT2D eigenvalue weighted by Crippen LogP contribution is 2.21. The molecule has 0 aliphatic rings. The van der Waals surface area contributed by atoms with E-state index >= 15 is 0 Å². The second-order valence-electron chi connectivity index (χ2n) is 6.09. The predicted octanol–water partition coefficient (Wildman–Crippen LogP) is 5.98. The standard InChI is InChI=1S/C22H21ClN2O/c1-16-11-12-20(13-17(16)2)25-24-14-18-7-4-6-10-22(18)26-15-19-8-3-5-9-21(19)23/h3-14,25H,15H2,1-2H3. The molecule has 0 saturated heterocycles. The Kier molecular flexibility index (Phi) is 5.92. The molecule has 26 heavy (non-hydrogen) atoms. The minimum absolute atomic E-state index is 0.412. The van der Waals surface area contributed by atoms with Crippen LogP contribution in [0.15, 0.2) is 71.8 Å². The molecule has 3 aromatic rings. The molecule has 0 aliphatic heterocycles. The molecular formula is C22H21ClN2O. The summed E-state index contributed by atoms with van der Waals surface area (Å²) in [4.78, 5) is 0. The van der Waals surface area contributed by atoms with E-state index in [1.807, 2.05) is 54.6 Å². The van der Waals surface area contributed by atoms with Crippen molar-refractivity contribution in [2.45, 2.75) is 20.5 Å². The van der Waals surface area contributed by atoms with Gasteiger partial charge in [-0.3, -0.25) is 5.43 Å². The van der Waals surface area contributed by atoms with Crippen LogP contribution in [-0.2, 0) is 6.61 Å². The third-order valence-electron chi connectivity index (χ3n) is 4.16. The fraction of sp³-hybridized carbons (Fsp3) is 0.136. The Morgan fingerprint density at radius 3 is 2.54 bits per heavy atom. The van der Waals surface area contributed by atoms with Crippen molar-refractivity contribution >= 4 is 23.5 Å². The van der Waals surface area contributed by atoms with Gasteiger partial charge in [0.25, 0.3) is 0 Å². The van der Waals surface area contributed by atoms with E-state index in [9.17, 15) is 0 Å². The lowest BCUT2D eigenvalue weighted by atomic mass is 10.1. The first kappa shape index (κ1) is 18.0. The molecule has 132 valence electrons. The largest absolute Gasteiger partial charge is 0.488 e. The minimum atomic E-state index is 0.412. The van der Waals surface area contributed by atoms with Gasteiger partial charge in [0.15, 0.2) is 0 Å². The predicted molar refractivity (Wildman–Crippen MR) is 109 cm³/mol. The minimum Gasteiger partial charge on any atom is -0.488 e. The monoisotopic (exact) mass is 364 g/mol. The van der Waals surface area contributed by atoms with Crippen LogP contribution >= 0.6 is 11.6 Å². The van der Waals surface area contributed by atoms with Crippen LogP contribution in [0.4, 0.5) is 5.69 Å². The Morgan fingerprint density at radius 2 is 1.73 bits per heavy atom.